The van der Waals surface area contributed by atoms with Crippen molar-refractivity contribution in [2.24, 2.45) is 14.1 Å². The van der Waals surface area contributed by atoms with Gasteiger partial charge in [-0.1, -0.05) is 30.3 Å². The summed E-state index contributed by atoms with van der Waals surface area (Å²) in [6.07, 6.45) is 1.60. The van der Waals surface area contributed by atoms with Crippen LogP contribution in [0.1, 0.15) is 26.3 Å². The van der Waals surface area contributed by atoms with Crippen LogP contribution >= 0.6 is 0 Å². The molecule has 1 aliphatic rings. The minimum Gasteiger partial charge on any atom is -0.295 e. The van der Waals surface area contributed by atoms with Crippen LogP contribution in [0, 0.1) is 0 Å². The number of ketones is 2. The van der Waals surface area contributed by atoms with Crippen LogP contribution in [0.15, 0.2) is 52.8 Å². The Morgan fingerprint density at radius 2 is 1.38 bits per heavy atom. The Morgan fingerprint density at radius 3 is 2.00 bits per heavy atom. The molecule has 5 nitrogen and oxygen atoms in total. The van der Waals surface area contributed by atoms with Gasteiger partial charge in [0.15, 0.2) is 11.6 Å². The standard InChI is InChI=1S/C19H14N2O3/c1-20-15-8-7-11(10-16(15)21(2)19(20)24)9-14-17(22)12-5-3-4-6-13(12)18(14)23/h3-10H,1-2H3. The molecule has 0 spiro atoms. The molecule has 0 radical (unpaired) electrons. The summed E-state index contributed by atoms with van der Waals surface area (Å²) in [6.45, 7) is 0. The number of hydrogen-bond donors (Lipinski definition) is 0. The number of rotatable bonds is 1. The molecule has 4 rings (SSSR count). The molecule has 2 aromatic carbocycles. The molecule has 118 valence electrons. The van der Waals surface area contributed by atoms with E-state index in [-0.39, 0.29) is 22.8 Å². The Balaban J connectivity index is 1.87. The smallest absolute Gasteiger partial charge is 0.295 e. The summed E-state index contributed by atoms with van der Waals surface area (Å²) in [5.74, 6) is -0.504. The van der Waals surface area contributed by atoms with Gasteiger partial charge >= 0.3 is 5.69 Å². The second-order valence-corrected chi connectivity index (χ2v) is 5.91. The van der Waals surface area contributed by atoms with Gasteiger partial charge in [0, 0.05) is 25.2 Å². The van der Waals surface area contributed by atoms with Crippen molar-refractivity contribution in [2.45, 2.75) is 0 Å². The number of carbonyl (C=O) groups excluding carboxylic acids is 2. The number of imidazole rings is 1. The zero-order valence-electron chi connectivity index (χ0n) is 13.2. The number of hydrogen-bond acceptors (Lipinski definition) is 3. The van der Waals surface area contributed by atoms with Gasteiger partial charge in [0.05, 0.1) is 16.6 Å². The lowest BCUT2D eigenvalue weighted by Gasteiger charge is -1.99. The molecule has 0 fully saturated rings. The number of nitrogens with zero attached hydrogens (tertiary/aromatic N) is 2. The SMILES string of the molecule is Cn1c(=O)n(C)c2cc(C=C3C(=O)c4ccccc4C3=O)ccc21. The zero-order valence-corrected chi connectivity index (χ0v) is 13.2. The summed E-state index contributed by atoms with van der Waals surface area (Å²) in [7, 11) is 3.41. The Kier molecular flexibility index (Phi) is 2.93. The monoisotopic (exact) mass is 318 g/mol. The van der Waals surface area contributed by atoms with E-state index < -0.39 is 0 Å². The van der Waals surface area contributed by atoms with Gasteiger partial charge in [-0.2, -0.15) is 0 Å². The van der Waals surface area contributed by atoms with E-state index in [9.17, 15) is 14.4 Å². The second kappa shape index (κ2) is 4.89. The number of Topliss-reactive ketones (excluding diaryl/α,β-unsaturated/α-hetero) is 2. The van der Waals surface area contributed by atoms with E-state index in [1.165, 1.54) is 0 Å². The van der Waals surface area contributed by atoms with Gasteiger partial charge in [-0.05, 0) is 23.8 Å². The van der Waals surface area contributed by atoms with Crippen molar-refractivity contribution in [2.75, 3.05) is 0 Å². The van der Waals surface area contributed by atoms with Crippen LogP contribution in [0.3, 0.4) is 0 Å². The van der Waals surface area contributed by atoms with E-state index in [0.29, 0.717) is 16.7 Å². The van der Waals surface area contributed by atoms with Gasteiger partial charge < -0.3 is 0 Å². The van der Waals surface area contributed by atoms with Crippen molar-refractivity contribution >= 4 is 28.7 Å². The molecule has 1 aliphatic carbocycles. The highest BCUT2D eigenvalue weighted by atomic mass is 16.2. The van der Waals surface area contributed by atoms with Gasteiger partial charge in [-0.25, -0.2) is 4.79 Å². The Hall–Kier alpha value is -3.21. The number of fused-ring (bicyclic) bond motifs is 2. The molecule has 1 aromatic heterocycles. The van der Waals surface area contributed by atoms with Crippen LogP contribution in [-0.4, -0.2) is 20.7 Å². The fraction of sp³-hybridized carbons (Fsp3) is 0.105. The van der Waals surface area contributed by atoms with Crippen molar-refractivity contribution in [3.63, 3.8) is 0 Å². The van der Waals surface area contributed by atoms with Crippen molar-refractivity contribution in [1.29, 1.82) is 0 Å². The largest absolute Gasteiger partial charge is 0.328 e. The number of allylic oxidation sites excluding steroid dienone is 1. The van der Waals surface area contributed by atoms with Gasteiger partial charge in [0.25, 0.3) is 0 Å². The zero-order chi connectivity index (χ0) is 17.0. The lowest BCUT2D eigenvalue weighted by molar-refractivity contribution is 0.0990. The second-order valence-electron chi connectivity index (χ2n) is 5.91. The van der Waals surface area contributed by atoms with Crippen LogP contribution in [0.25, 0.3) is 17.1 Å². The molecule has 0 N–H and O–H groups in total. The fourth-order valence-corrected chi connectivity index (χ4v) is 3.18. The van der Waals surface area contributed by atoms with E-state index in [4.69, 9.17) is 0 Å². The van der Waals surface area contributed by atoms with Gasteiger partial charge in [0.1, 0.15) is 0 Å². The molecule has 24 heavy (non-hydrogen) atoms. The summed E-state index contributed by atoms with van der Waals surface area (Å²) in [6, 6.07) is 12.3. The maximum atomic E-state index is 12.5. The van der Waals surface area contributed by atoms with E-state index in [1.807, 2.05) is 12.1 Å². The van der Waals surface area contributed by atoms with Crippen molar-refractivity contribution in [3.8, 4) is 0 Å². The Bertz CT molecular complexity index is 1090. The number of benzene rings is 2. The normalized spacial score (nSPS) is 13.7. The molecule has 0 bridgehead atoms. The van der Waals surface area contributed by atoms with E-state index in [1.54, 1.807) is 59.6 Å². The van der Waals surface area contributed by atoms with Crippen LogP contribution in [0.2, 0.25) is 0 Å². The van der Waals surface area contributed by atoms with E-state index in [2.05, 4.69) is 0 Å². The minimum absolute atomic E-state index is 0.116. The van der Waals surface area contributed by atoms with E-state index >= 15 is 0 Å². The quantitative estimate of drug-likeness (QED) is 0.511. The molecule has 5 heteroatoms. The third-order valence-corrected chi connectivity index (χ3v) is 4.51. The molecule has 0 aliphatic heterocycles. The lowest BCUT2D eigenvalue weighted by Crippen LogP contribution is -2.19. The van der Waals surface area contributed by atoms with Crippen LogP contribution < -0.4 is 5.69 Å². The maximum Gasteiger partial charge on any atom is 0.328 e. The summed E-state index contributed by atoms with van der Waals surface area (Å²) in [4.78, 5) is 36.9. The summed E-state index contributed by atoms with van der Waals surface area (Å²) in [5.41, 5.74) is 3.22. The van der Waals surface area contributed by atoms with Crippen LogP contribution in [0.5, 0.6) is 0 Å². The van der Waals surface area contributed by atoms with Crippen LogP contribution in [-0.2, 0) is 14.1 Å². The molecule has 3 aromatic rings. The first-order chi connectivity index (χ1) is 11.5. The third kappa shape index (κ3) is 1.84. The lowest BCUT2D eigenvalue weighted by atomic mass is 10.1. The van der Waals surface area contributed by atoms with Crippen molar-refractivity contribution < 1.29 is 9.59 Å². The number of aryl methyl sites for hydroxylation is 2. The molecular weight excluding hydrogens is 304 g/mol. The molecule has 0 amide bonds. The first-order valence-corrected chi connectivity index (χ1v) is 7.54. The molecule has 0 atom stereocenters. The molecular formula is C19H14N2O3. The third-order valence-electron chi connectivity index (χ3n) is 4.51. The highest BCUT2D eigenvalue weighted by Gasteiger charge is 2.32. The fourth-order valence-electron chi connectivity index (χ4n) is 3.18. The van der Waals surface area contributed by atoms with Crippen molar-refractivity contribution in [1.82, 2.24) is 9.13 Å². The first-order valence-electron chi connectivity index (χ1n) is 7.54. The van der Waals surface area contributed by atoms with Gasteiger partial charge in [-0.15, -0.1) is 0 Å². The summed E-state index contributed by atoms with van der Waals surface area (Å²) < 4.78 is 3.11. The molecule has 1 heterocycles. The molecule has 0 saturated heterocycles. The molecule has 0 unspecified atom stereocenters. The van der Waals surface area contributed by atoms with Crippen molar-refractivity contribution in [3.05, 3.63) is 75.2 Å². The topological polar surface area (TPSA) is 61.1 Å². The average Bonchev–Trinajstić information content (AvgIpc) is 2.96. The summed E-state index contributed by atoms with van der Waals surface area (Å²) in [5, 5.41) is 0. The minimum atomic E-state index is -0.252. The van der Waals surface area contributed by atoms with Gasteiger partial charge in [-0.3, -0.25) is 18.7 Å². The predicted octanol–water partition coefficient (Wildman–Crippen LogP) is 2.34. The maximum absolute atomic E-state index is 12.5. The van der Waals surface area contributed by atoms with Crippen LogP contribution in [0.4, 0.5) is 0 Å². The highest BCUT2D eigenvalue weighted by Crippen LogP contribution is 2.28. The Labute approximate surface area is 137 Å². The summed E-state index contributed by atoms with van der Waals surface area (Å²) >= 11 is 0. The predicted molar refractivity (Wildman–Crippen MR) is 91.2 cm³/mol. The number of carbonyl (C=O) groups is 2. The highest BCUT2D eigenvalue weighted by molar-refractivity contribution is 6.41. The van der Waals surface area contributed by atoms with Gasteiger partial charge in [0.2, 0.25) is 0 Å². The Morgan fingerprint density at radius 1 is 0.792 bits per heavy atom. The first kappa shape index (κ1) is 14.4. The average molecular weight is 318 g/mol. The molecule has 0 saturated carbocycles. The number of aromatic nitrogens is 2. The van der Waals surface area contributed by atoms with E-state index in [0.717, 1.165) is 11.0 Å².